The summed E-state index contributed by atoms with van der Waals surface area (Å²) in [7, 11) is 0. The molecule has 2 aromatic rings. The zero-order valence-electron chi connectivity index (χ0n) is 21.1. The lowest BCUT2D eigenvalue weighted by atomic mass is 9.93. The number of carboxylic acid groups (broad SMARTS) is 1. The summed E-state index contributed by atoms with van der Waals surface area (Å²) in [5, 5.41) is 16.1. The molecular weight excluding hydrogens is 452 g/mol. The lowest BCUT2D eigenvalue weighted by molar-refractivity contribution is -0.138. The van der Waals surface area contributed by atoms with E-state index >= 15 is 0 Å². The Morgan fingerprint density at radius 2 is 2.00 bits per heavy atom. The van der Waals surface area contributed by atoms with Crippen molar-refractivity contribution in [3.8, 4) is 0 Å². The number of hydrogen-bond acceptors (Lipinski definition) is 5. The third kappa shape index (κ3) is 5.89. The molecule has 3 aliphatic rings. The Morgan fingerprint density at radius 1 is 1.11 bits per heavy atom. The first-order valence-corrected chi connectivity index (χ1v) is 13.6. The second-order valence-electron chi connectivity index (χ2n) is 10.6. The van der Waals surface area contributed by atoms with Crippen molar-refractivity contribution in [2.45, 2.75) is 70.3 Å². The van der Waals surface area contributed by atoms with Crippen LogP contribution in [-0.4, -0.2) is 53.0 Å². The van der Waals surface area contributed by atoms with Crippen molar-refractivity contribution in [3.05, 3.63) is 58.3 Å². The number of benzene rings is 1. The number of carboxylic acids is 1. The second kappa shape index (κ2) is 11.4. The molecule has 1 aromatic heterocycles. The Hall–Kier alpha value is -2.93. The van der Waals surface area contributed by atoms with Gasteiger partial charge in [0.25, 0.3) is 0 Å². The van der Waals surface area contributed by atoms with E-state index in [0.29, 0.717) is 0 Å². The van der Waals surface area contributed by atoms with Crippen molar-refractivity contribution in [2.24, 2.45) is 5.92 Å². The molecule has 1 aromatic carbocycles. The third-order valence-electron chi connectivity index (χ3n) is 7.99. The van der Waals surface area contributed by atoms with Crippen LogP contribution in [0.5, 0.6) is 0 Å². The molecule has 3 heterocycles. The molecule has 2 atom stereocenters. The van der Waals surface area contributed by atoms with Crippen molar-refractivity contribution in [1.29, 1.82) is 0 Å². The Bertz CT molecular complexity index is 1100. The Kier molecular flexibility index (Phi) is 7.85. The van der Waals surface area contributed by atoms with E-state index in [1.165, 1.54) is 23.1 Å². The van der Waals surface area contributed by atoms with Crippen molar-refractivity contribution in [2.75, 3.05) is 31.5 Å². The maximum atomic E-state index is 13.3. The fourth-order valence-electron chi connectivity index (χ4n) is 6.14. The van der Waals surface area contributed by atoms with Gasteiger partial charge < -0.3 is 20.6 Å². The molecule has 0 bridgehead atoms. The van der Waals surface area contributed by atoms with Crippen molar-refractivity contribution in [3.63, 3.8) is 0 Å². The van der Waals surface area contributed by atoms with Crippen molar-refractivity contribution < 1.29 is 14.7 Å². The van der Waals surface area contributed by atoms with E-state index in [-0.39, 0.29) is 18.2 Å². The molecular formula is C29H38N4O3. The van der Waals surface area contributed by atoms with E-state index in [1.54, 1.807) is 0 Å². The quantitative estimate of drug-likeness (QED) is 0.494. The average molecular weight is 491 g/mol. The van der Waals surface area contributed by atoms with Gasteiger partial charge in [-0.05, 0) is 99.2 Å². The first-order chi connectivity index (χ1) is 17.6. The number of fused-ring (bicyclic) bond motifs is 2. The third-order valence-corrected chi connectivity index (χ3v) is 7.99. The molecule has 0 spiro atoms. The number of hydrogen-bond donors (Lipinski definition) is 3. The molecule has 0 saturated carbocycles. The Labute approximate surface area is 213 Å². The van der Waals surface area contributed by atoms with Crippen LogP contribution >= 0.6 is 0 Å². The maximum absolute atomic E-state index is 13.3. The first-order valence-electron chi connectivity index (χ1n) is 13.6. The molecule has 2 aliphatic heterocycles. The summed E-state index contributed by atoms with van der Waals surface area (Å²) in [5.74, 6) is 0.0578. The minimum atomic E-state index is -0.882. The molecule has 36 heavy (non-hydrogen) atoms. The highest BCUT2D eigenvalue weighted by Gasteiger charge is 2.30. The fourth-order valence-corrected chi connectivity index (χ4v) is 6.14. The largest absolute Gasteiger partial charge is 0.481 e. The minimum Gasteiger partial charge on any atom is -0.481 e. The van der Waals surface area contributed by atoms with Crippen LogP contribution in [0.2, 0.25) is 0 Å². The van der Waals surface area contributed by atoms with Gasteiger partial charge in [0.05, 0.1) is 18.4 Å². The van der Waals surface area contributed by atoms with Crippen LogP contribution in [0.15, 0.2) is 30.3 Å². The van der Waals surface area contributed by atoms with Crippen LogP contribution in [0, 0.1) is 5.92 Å². The van der Waals surface area contributed by atoms with E-state index < -0.39 is 12.0 Å². The number of nitrogens with one attached hydrogen (secondary N) is 2. The SMILES string of the molecule is O=C(O)CC(NC(=O)C1CCCN(CCCc2ccc3c(n2)NCCC3)C1)c1cccc2c1CCC2. The van der Waals surface area contributed by atoms with Gasteiger partial charge in [0, 0.05) is 18.8 Å². The van der Waals surface area contributed by atoms with E-state index in [9.17, 15) is 14.7 Å². The monoisotopic (exact) mass is 490 g/mol. The number of carbonyl (C=O) groups excluding carboxylic acids is 1. The van der Waals surface area contributed by atoms with Crippen LogP contribution in [0.4, 0.5) is 5.82 Å². The van der Waals surface area contributed by atoms with E-state index in [4.69, 9.17) is 4.98 Å². The number of amides is 1. The highest BCUT2D eigenvalue weighted by Crippen LogP contribution is 2.31. The summed E-state index contributed by atoms with van der Waals surface area (Å²) >= 11 is 0. The summed E-state index contributed by atoms with van der Waals surface area (Å²) in [6, 6.07) is 10.0. The van der Waals surface area contributed by atoms with Gasteiger partial charge in [0.1, 0.15) is 5.82 Å². The molecule has 2 unspecified atom stereocenters. The van der Waals surface area contributed by atoms with Crippen LogP contribution in [0.1, 0.15) is 72.5 Å². The van der Waals surface area contributed by atoms with Crippen molar-refractivity contribution >= 4 is 17.7 Å². The van der Waals surface area contributed by atoms with Gasteiger partial charge in [-0.15, -0.1) is 0 Å². The second-order valence-corrected chi connectivity index (χ2v) is 10.6. The number of aliphatic carboxylic acids is 1. The molecule has 7 heteroatoms. The van der Waals surface area contributed by atoms with Gasteiger partial charge in [0.15, 0.2) is 0 Å². The lowest BCUT2D eigenvalue weighted by Gasteiger charge is -2.33. The fraction of sp³-hybridized carbons (Fsp3) is 0.552. The molecule has 0 radical (unpaired) electrons. The summed E-state index contributed by atoms with van der Waals surface area (Å²) in [6.45, 7) is 3.69. The van der Waals surface area contributed by atoms with Crippen LogP contribution in [-0.2, 0) is 35.3 Å². The predicted molar refractivity (Wildman–Crippen MR) is 140 cm³/mol. The predicted octanol–water partition coefficient (Wildman–Crippen LogP) is 3.91. The Morgan fingerprint density at radius 3 is 2.89 bits per heavy atom. The average Bonchev–Trinajstić information content (AvgIpc) is 3.37. The summed E-state index contributed by atoms with van der Waals surface area (Å²) in [6.07, 6.45) is 9.07. The smallest absolute Gasteiger partial charge is 0.305 e. The molecule has 1 aliphatic carbocycles. The highest BCUT2D eigenvalue weighted by molar-refractivity contribution is 5.80. The van der Waals surface area contributed by atoms with Gasteiger partial charge in [0.2, 0.25) is 5.91 Å². The summed E-state index contributed by atoms with van der Waals surface area (Å²) in [5.41, 5.74) is 5.96. The minimum absolute atomic E-state index is 0.0102. The normalized spacial score (nSPS) is 20.2. The maximum Gasteiger partial charge on any atom is 0.305 e. The van der Waals surface area contributed by atoms with Gasteiger partial charge in [-0.3, -0.25) is 9.59 Å². The number of carbonyl (C=O) groups is 2. The summed E-state index contributed by atoms with van der Waals surface area (Å²) < 4.78 is 0. The molecule has 1 amide bonds. The number of likely N-dealkylation sites (tertiary alicyclic amines) is 1. The zero-order chi connectivity index (χ0) is 24.9. The number of aromatic nitrogens is 1. The molecule has 192 valence electrons. The van der Waals surface area contributed by atoms with E-state index in [2.05, 4.69) is 33.7 Å². The van der Waals surface area contributed by atoms with Crippen LogP contribution in [0.25, 0.3) is 0 Å². The lowest BCUT2D eigenvalue weighted by Crippen LogP contribution is -2.44. The zero-order valence-corrected chi connectivity index (χ0v) is 21.1. The number of nitrogens with zero attached hydrogens (tertiary/aromatic N) is 2. The number of anilines is 1. The first kappa shape index (κ1) is 24.8. The standard InChI is InChI=1S/C29H38N4O3/c34-27(35)18-26(25-12-2-7-20-6-1-11-24(20)25)32-29(36)22-9-4-16-33(19-22)17-5-10-23-14-13-21-8-3-15-30-28(21)31-23/h2,7,12-14,22,26H,1,3-6,8-11,15-19H2,(H,30,31)(H,32,36)(H,34,35). The van der Waals surface area contributed by atoms with Gasteiger partial charge in [-0.25, -0.2) is 4.98 Å². The van der Waals surface area contributed by atoms with Crippen LogP contribution < -0.4 is 10.6 Å². The summed E-state index contributed by atoms with van der Waals surface area (Å²) in [4.78, 5) is 32.1. The number of aryl methyl sites for hydroxylation is 3. The van der Waals surface area contributed by atoms with Gasteiger partial charge >= 0.3 is 5.97 Å². The van der Waals surface area contributed by atoms with Gasteiger partial charge in [-0.2, -0.15) is 0 Å². The van der Waals surface area contributed by atoms with Gasteiger partial charge in [-0.1, -0.05) is 24.3 Å². The number of pyridine rings is 1. The molecule has 1 fully saturated rings. The van der Waals surface area contributed by atoms with Crippen LogP contribution in [0.3, 0.4) is 0 Å². The van der Waals surface area contributed by atoms with Crippen molar-refractivity contribution in [1.82, 2.24) is 15.2 Å². The highest BCUT2D eigenvalue weighted by atomic mass is 16.4. The topological polar surface area (TPSA) is 94.6 Å². The number of rotatable bonds is 9. The van der Waals surface area contributed by atoms with E-state index in [0.717, 1.165) is 94.6 Å². The molecule has 3 N–H and O–H groups in total. The molecule has 1 saturated heterocycles. The van der Waals surface area contributed by atoms with E-state index in [1.807, 2.05) is 12.1 Å². The molecule has 7 nitrogen and oxygen atoms in total. The number of piperidine rings is 1. The Balaban J connectivity index is 1.16. The molecule has 5 rings (SSSR count).